The lowest BCUT2D eigenvalue weighted by Crippen LogP contribution is -2.39. The number of benzene rings is 2. The molecule has 0 bridgehead atoms. The van der Waals surface area contributed by atoms with Crippen molar-refractivity contribution in [1.82, 2.24) is 9.88 Å². The summed E-state index contributed by atoms with van der Waals surface area (Å²) in [6.45, 7) is 4.66. The van der Waals surface area contributed by atoms with Gasteiger partial charge in [0.15, 0.2) is 5.13 Å². The molecule has 1 saturated heterocycles. The molecule has 1 fully saturated rings. The number of halogens is 1. The number of methoxy groups -OCH3 is 1. The lowest BCUT2D eigenvalue weighted by molar-refractivity contribution is 0.0376. The molecule has 4 rings (SSSR count). The van der Waals surface area contributed by atoms with Crippen molar-refractivity contribution < 1.29 is 18.7 Å². The van der Waals surface area contributed by atoms with Crippen molar-refractivity contribution in [3.8, 4) is 5.75 Å². The fraction of sp³-hybridized carbons (Fsp3) is 0.364. The summed E-state index contributed by atoms with van der Waals surface area (Å²) in [6, 6.07) is 11.9. The maximum absolute atomic E-state index is 14.2. The number of anilines is 1. The molecule has 0 saturated carbocycles. The molecule has 0 atom stereocenters. The number of carbonyl (C=O) groups excluding carboxylic acids is 1. The number of thiazole rings is 1. The zero-order valence-corrected chi connectivity index (χ0v) is 17.7. The highest BCUT2D eigenvalue weighted by atomic mass is 32.1. The van der Waals surface area contributed by atoms with Gasteiger partial charge in [0.1, 0.15) is 17.1 Å². The van der Waals surface area contributed by atoms with Gasteiger partial charge in [-0.3, -0.25) is 14.6 Å². The van der Waals surface area contributed by atoms with Crippen LogP contribution in [0.4, 0.5) is 9.52 Å². The summed E-state index contributed by atoms with van der Waals surface area (Å²) in [5.41, 5.74) is 0.847. The normalized spacial score (nSPS) is 14.7. The van der Waals surface area contributed by atoms with E-state index in [0.29, 0.717) is 28.5 Å². The monoisotopic (exact) mass is 429 g/mol. The molecule has 0 N–H and O–H groups in total. The predicted molar refractivity (Wildman–Crippen MR) is 116 cm³/mol. The molecular weight excluding hydrogens is 405 g/mol. The molecule has 0 radical (unpaired) electrons. The molecule has 0 aliphatic carbocycles. The van der Waals surface area contributed by atoms with Crippen LogP contribution in [0.2, 0.25) is 0 Å². The van der Waals surface area contributed by atoms with E-state index in [2.05, 4.69) is 9.88 Å². The number of nitrogens with zero attached hydrogens (tertiary/aromatic N) is 3. The maximum Gasteiger partial charge on any atom is 0.260 e. The van der Waals surface area contributed by atoms with Crippen LogP contribution in [-0.2, 0) is 4.74 Å². The molecule has 2 heterocycles. The molecule has 30 heavy (non-hydrogen) atoms. The highest BCUT2D eigenvalue weighted by Gasteiger charge is 2.22. The van der Waals surface area contributed by atoms with Gasteiger partial charge in [0.2, 0.25) is 0 Å². The minimum Gasteiger partial charge on any atom is -0.497 e. The van der Waals surface area contributed by atoms with Crippen LogP contribution in [0.1, 0.15) is 16.8 Å². The van der Waals surface area contributed by atoms with E-state index in [-0.39, 0.29) is 11.7 Å². The van der Waals surface area contributed by atoms with Gasteiger partial charge in [-0.25, -0.2) is 9.37 Å². The first-order chi connectivity index (χ1) is 14.7. The van der Waals surface area contributed by atoms with Crippen molar-refractivity contribution in [2.75, 3.05) is 51.4 Å². The number of para-hydroxylation sites is 1. The Bertz CT molecular complexity index is 1000. The van der Waals surface area contributed by atoms with Crippen molar-refractivity contribution in [3.05, 3.63) is 53.8 Å². The molecule has 3 aromatic rings. The van der Waals surface area contributed by atoms with Crippen LogP contribution in [-0.4, -0.2) is 62.3 Å². The standard InChI is InChI=1S/C22H24FN3O3S/c1-28-17-8-6-16(7-9-17)21(27)26(11-3-10-25-12-14-29-15-13-25)22-24-20-18(23)4-2-5-19(20)30-22/h2,4-9H,3,10-15H2,1H3. The molecule has 1 aromatic heterocycles. The number of ether oxygens (including phenoxy) is 2. The first-order valence-corrected chi connectivity index (χ1v) is 10.8. The van der Waals surface area contributed by atoms with Crippen LogP contribution in [0.3, 0.4) is 0 Å². The van der Waals surface area contributed by atoms with Gasteiger partial charge in [-0.15, -0.1) is 0 Å². The van der Waals surface area contributed by atoms with E-state index in [0.717, 1.165) is 44.0 Å². The fourth-order valence-corrected chi connectivity index (χ4v) is 4.47. The number of aromatic nitrogens is 1. The third-order valence-corrected chi connectivity index (χ3v) is 6.17. The Balaban J connectivity index is 1.57. The molecule has 1 amide bonds. The van der Waals surface area contributed by atoms with Gasteiger partial charge in [0.05, 0.1) is 25.0 Å². The van der Waals surface area contributed by atoms with E-state index < -0.39 is 0 Å². The van der Waals surface area contributed by atoms with Crippen molar-refractivity contribution in [2.24, 2.45) is 0 Å². The summed E-state index contributed by atoms with van der Waals surface area (Å²) in [7, 11) is 1.59. The van der Waals surface area contributed by atoms with E-state index >= 15 is 0 Å². The zero-order chi connectivity index (χ0) is 20.9. The van der Waals surface area contributed by atoms with Crippen LogP contribution in [0.15, 0.2) is 42.5 Å². The van der Waals surface area contributed by atoms with Crippen LogP contribution in [0.25, 0.3) is 10.2 Å². The van der Waals surface area contributed by atoms with Crippen molar-refractivity contribution in [1.29, 1.82) is 0 Å². The quantitative estimate of drug-likeness (QED) is 0.572. The van der Waals surface area contributed by atoms with Crippen LogP contribution >= 0.6 is 11.3 Å². The molecule has 0 spiro atoms. The van der Waals surface area contributed by atoms with Crippen LogP contribution in [0, 0.1) is 5.82 Å². The van der Waals surface area contributed by atoms with Gasteiger partial charge in [0, 0.05) is 31.7 Å². The summed E-state index contributed by atoms with van der Waals surface area (Å²) in [5, 5.41) is 0.512. The lowest BCUT2D eigenvalue weighted by atomic mass is 10.2. The smallest absolute Gasteiger partial charge is 0.260 e. The number of amides is 1. The minimum atomic E-state index is -0.375. The van der Waals surface area contributed by atoms with Crippen molar-refractivity contribution in [3.63, 3.8) is 0 Å². The average molecular weight is 430 g/mol. The summed E-state index contributed by atoms with van der Waals surface area (Å²) < 4.78 is 25.5. The van der Waals surface area contributed by atoms with E-state index in [1.54, 1.807) is 42.3 Å². The predicted octanol–water partition coefficient (Wildman–Crippen LogP) is 3.81. The van der Waals surface area contributed by atoms with E-state index in [1.807, 2.05) is 6.07 Å². The summed E-state index contributed by atoms with van der Waals surface area (Å²) in [4.78, 5) is 21.8. The second-order valence-electron chi connectivity index (χ2n) is 7.08. The first-order valence-electron chi connectivity index (χ1n) is 9.97. The van der Waals surface area contributed by atoms with Gasteiger partial charge in [-0.05, 0) is 42.8 Å². The fourth-order valence-electron chi connectivity index (χ4n) is 3.47. The largest absolute Gasteiger partial charge is 0.497 e. The Labute approximate surface area is 178 Å². The minimum absolute atomic E-state index is 0.154. The molecule has 1 aliphatic heterocycles. The summed E-state index contributed by atoms with van der Waals surface area (Å²) in [6.07, 6.45) is 0.792. The highest BCUT2D eigenvalue weighted by molar-refractivity contribution is 7.22. The van der Waals surface area contributed by atoms with Crippen molar-refractivity contribution >= 4 is 32.6 Å². The molecule has 0 unspecified atom stereocenters. The van der Waals surface area contributed by atoms with Crippen LogP contribution in [0.5, 0.6) is 5.75 Å². The summed E-state index contributed by atoms with van der Waals surface area (Å²) in [5.74, 6) is 0.159. The number of fused-ring (bicyclic) bond motifs is 1. The van der Waals surface area contributed by atoms with E-state index in [4.69, 9.17) is 9.47 Å². The van der Waals surface area contributed by atoms with Gasteiger partial charge in [-0.1, -0.05) is 17.4 Å². The molecular formula is C22H24FN3O3S. The van der Waals surface area contributed by atoms with Crippen molar-refractivity contribution in [2.45, 2.75) is 6.42 Å². The third-order valence-electron chi connectivity index (χ3n) is 5.13. The summed E-state index contributed by atoms with van der Waals surface area (Å²) >= 11 is 1.33. The Morgan fingerprint density at radius 3 is 2.70 bits per heavy atom. The number of hydrogen-bond acceptors (Lipinski definition) is 6. The van der Waals surface area contributed by atoms with Crippen LogP contribution < -0.4 is 9.64 Å². The average Bonchev–Trinajstić information content (AvgIpc) is 3.22. The molecule has 1 aliphatic rings. The van der Waals surface area contributed by atoms with Gasteiger partial charge in [0.25, 0.3) is 5.91 Å². The highest BCUT2D eigenvalue weighted by Crippen LogP contribution is 2.31. The maximum atomic E-state index is 14.2. The lowest BCUT2D eigenvalue weighted by Gasteiger charge is -2.27. The molecule has 6 nitrogen and oxygen atoms in total. The second-order valence-corrected chi connectivity index (χ2v) is 8.08. The van der Waals surface area contributed by atoms with Gasteiger partial charge in [-0.2, -0.15) is 0 Å². The number of morpholine rings is 1. The SMILES string of the molecule is COc1ccc(C(=O)N(CCCN2CCOCC2)c2nc3c(F)cccc3s2)cc1. The Kier molecular flexibility index (Phi) is 6.56. The van der Waals surface area contributed by atoms with E-state index in [1.165, 1.54) is 17.4 Å². The first kappa shape index (κ1) is 20.7. The Morgan fingerprint density at radius 1 is 1.23 bits per heavy atom. The van der Waals surface area contributed by atoms with Gasteiger partial charge < -0.3 is 9.47 Å². The molecule has 158 valence electrons. The number of rotatable bonds is 7. The topological polar surface area (TPSA) is 54.9 Å². The third kappa shape index (κ3) is 4.61. The Morgan fingerprint density at radius 2 is 2.00 bits per heavy atom. The Hall–Kier alpha value is -2.55. The van der Waals surface area contributed by atoms with E-state index in [9.17, 15) is 9.18 Å². The molecule has 8 heteroatoms. The number of hydrogen-bond donors (Lipinski definition) is 0. The zero-order valence-electron chi connectivity index (χ0n) is 16.8. The number of carbonyl (C=O) groups is 1. The second kappa shape index (κ2) is 9.51. The molecule has 2 aromatic carbocycles. The van der Waals surface area contributed by atoms with Gasteiger partial charge >= 0.3 is 0 Å².